The van der Waals surface area contributed by atoms with Gasteiger partial charge in [0, 0.05) is 0 Å². The average Bonchev–Trinajstić information content (AvgIpc) is 2.91. The SMILES string of the molecule is CCCCC[C@H]1CC[C@H](C23CCC(c4ccc([C@H]5CC[C@H](CCC)CC5)cc4)(CC2)CC3)CC1. The van der Waals surface area contributed by atoms with E-state index in [2.05, 4.69) is 38.1 Å². The molecular formula is C34H54. The lowest BCUT2D eigenvalue weighted by atomic mass is 9.47. The lowest BCUT2D eigenvalue weighted by Gasteiger charge is -2.58. The monoisotopic (exact) mass is 462 g/mol. The van der Waals surface area contributed by atoms with Gasteiger partial charge in [0.25, 0.3) is 0 Å². The van der Waals surface area contributed by atoms with Crippen molar-refractivity contribution in [2.45, 2.75) is 154 Å². The van der Waals surface area contributed by atoms with E-state index in [0.29, 0.717) is 5.41 Å². The molecule has 0 aliphatic heterocycles. The Bertz CT molecular complexity index is 716. The molecule has 1 aromatic carbocycles. The smallest absolute Gasteiger partial charge is 0.00463 e. The minimum absolute atomic E-state index is 0.524. The maximum atomic E-state index is 2.58. The van der Waals surface area contributed by atoms with Crippen molar-refractivity contribution in [3.05, 3.63) is 35.4 Å². The largest absolute Gasteiger partial charge is 0.0654 e. The van der Waals surface area contributed by atoms with Crippen LogP contribution in [-0.4, -0.2) is 0 Å². The average molecular weight is 463 g/mol. The number of unbranched alkanes of at least 4 members (excludes halogenated alkanes) is 2. The number of hydrogen-bond acceptors (Lipinski definition) is 0. The molecule has 0 amide bonds. The van der Waals surface area contributed by atoms with Crippen molar-refractivity contribution in [3.8, 4) is 0 Å². The van der Waals surface area contributed by atoms with Crippen molar-refractivity contribution >= 4 is 0 Å². The molecule has 5 fully saturated rings. The first-order chi connectivity index (χ1) is 16.7. The van der Waals surface area contributed by atoms with Crippen LogP contribution in [0.15, 0.2) is 24.3 Å². The summed E-state index contributed by atoms with van der Waals surface area (Å²) < 4.78 is 0. The van der Waals surface area contributed by atoms with Crippen LogP contribution in [0, 0.1) is 23.2 Å². The highest BCUT2D eigenvalue weighted by Crippen LogP contribution is 2.62. The second-order valence-corrected chi connectivity index (χ2v) is 13.5. The fourth-order valence-corrected chi connectivity index (χ4v) is 9.31. The zero-order valence-electron chi connectivity index (χ0n) is 22.8. The van der Waals surface area contributed by atoms with Gasteiger partial charge in [0.15, 0.2) is 0 Å². The predicted molar refractivity (Wildman–Crippen MR) is 147 cm³/mol. The molecule has 0 radical (unpaired) electrons. The summed E-state index contributed by atoms with van der Waals surface area (Å²) in [5.74, 6) is 3.96. The molecule has 0 aromatic heterocycles. The van der Waals surface area contributed by atoms with E-state index in [1.807, 2.05) is 0 Å². The van der Waals surface area contributed by atoms with E-state index in [4.69, 9.17) is 0 Å². The highest BCUT2D eigenvalue weighted by atomic mass is 14.6. The van der Waals surface area contributed by atoms with Crippen molar-refractivity contribution in [2.24, 2.45) is 23.2 Å². The summed E-state index contributed by atoms with van der Waals surface area (Å²) in [6.07, 6.45) is 29.7. The van der Waals surface area contributed by atoms with Gasteiger partial charge in [-0.3, -0.25) is 0 Å². The predicted octanol–water partition coefficient (Wildman–Crippen LogP) is 10.7. The van der Waals surface area contributed by atoms with Crippen LogP contribution < -0.4 is 0 Å². The molecule has 5 aliphatic rings. The van der Waals surface area contributed by atoms with Gasteiger partial charge in [-0.15, -0.1) is 0 Å². The fraction of sp³-hybridized carbons (Fsp3) is 0.824. The Labute approximate surface area is 212 Å². The van der Waals surface area contributed by atoms with E-state index in [0.717, 1.165) is 29.1 Å². The zero-order chi connectivity index (χ0) is 23.4. The molecule has 34 heavy (non-hydrogen) atoms. The summed E-state index contributed by atoms with van der Waals surface area (Å²) in [4.78, 5) is 0. The maximum Gasteiger partial charge on any atom is -0.00463 e. The van der Waals surface area contributed by atoms with E-state index in [9.17, 15) is 0 Å². The first kappa shape index (κ1) is 24.9. The number of hydrogen-bond donors (Lipinski definition) is 0. The summed E-state index contributed by atoms with van der Waals surface area (Å²) in [5.41, 5.74) is 4.60. The highest BCUT2D eigenvalue weighted by molar-refractivity contribution is 5.33. The lowest BCUT2D eigenvalue weighted by Crippen LogP contribution is -2.48. The Morgan fingerprint density at radius 3 is 1.79 bits per heavy atom. The van der Waals surface area contributed by atoms with E-state index in [1.54, 1.807) is 36.8 Å². The summed E-state index contributed by atoms with van der Waals surface area (Å²) >= 11 is 0. The topological polar surface area (TPSA) is 0 Å². The van der Waals surface area contributed by atoms with E-state index in [-0.39, 0.29) is 0 Å². The minimum atomic E-state index is 0.524. The highest BCUT2D eigenvalue weighted by Gasteiger charge is 2.52. The van der Waals surface area contributed by atoms with Crippen LogP contribution in [0.25, 0.3) is 0 Å². The second kappa shape index (κ2) is 11.1. The van der Waals surface area contributed by atoms with Gasteiger partial charge in [0.2, 0.25) is 0 Å². The van der Waals surface area contributed by atoms with Gasteiger partial charge in [-0.1, -0.05) is 89.5 Å². The molecule has 0 saturated heterocycles. The molecule has 0 nitrogen and oxygen atoms in total. The van der Waals surface area contributed by atoms with Crippen LogP contribution in [0.3, 0.4) is 0 Å². The van der Waals surface area contributed by atoms with Crippen molar-refractivity contribution in [2.75, 3.05) is 0 Å². The van der Waals surface area contributed by atoms with Crippen LogP contribution in [0.4, 0.5) is 0 Å². The van der Waals surface area contributed by atoms with E-state index in [1.165, 1.54) is 103 Å². The zero-order valence-corrected chi connectivity index (χ0v) is 22.8. The third-order valence-electron chi connectivity index (χ3n) is 11.8. The van der Waals surface area contributed by atoms with Crippen LogP contribution in [0.2, 0.25) is 0 Å². The maximum absolute atomic E-state index is 2.58. The molecule has 0 unspecified atom stereocenters. The van der Waals surface area contributed by atoms with Crippen molar-refractivity contribution < 1.29 is 0 Å². The Morgan fingerprint density at radius 2 is 1.21 bits per heavy atom. The first-order valence-electron chi connectivity index (χ1n) is 15.8. The standard InChI is InChI=1S/C34H54/c1-3-5-6-8-28-11-17-31(18-12-28)33-21-24-34(25-22-33,26-23-33)32-19-15-30(16-20-32)29-13-9-27(7-4-2)10-14-29/h15-16,19-20,27-29,31H,3-14,17-18,21-26H2,1-2H3/t27-,28-,29-,31-,33?,34?. The molecule has 190 valence electrons. The molecule has 0 N–H and O–H groups in total. The summed E-state index contributed by atoms with van der Waals surface area (Å²) in [5, 5.41) is 0. The summed E-state index contributed by atoms with van der Waals surface area (Å²) in [7, 11) is 0. The van der Waals surface area contributed by atoms with Gasteiger partial charge in [-0.25, -0.2) is 0 Å². The Balaban J connectivity index is 1.14. The number of benzene rings is 1. The minimum Gasteiger partial charge on any atom is -0.0654 e. The van der Waals surface area contributed by atoms with Gasteiger partial charge in [0.05, 0.1) is 0 Å². The van der Waals surface area contributed by atoms with E-state index < -0.39 is 0 Å². The van der Waals surface area contributed by atoms with Crippen molar-refractivity contribution in [1.29, 1.82) is 0 Å². The molecule has 1 aromatic rings. The summed E-state index contributed by atoms with van der Waals surface area (Å²) in [6.45, 7) is 4.70. The molecule has 6 rings (SSSR count). The molecule has 0 atom stereocenters. The van der Waals surface area contributed by atoms with Crippen molar-refractivity contribution in [1.82, 2.24) is 0 Å². The van der Waals surface area contributed by atoms with Gasteiger partial charge in [-0.05, 0) is 123 Å². The van der Waals surface area contributed by atoms with Crippen molar-refractivity contribution in [3.63, 3.8) is 0 Å². The normalized spacial score (nSPS) is 38.2. The number of fused-ring (bicyclic) bond motifs is 3. The molecule has 0 heterocycles. The van der Waals surface area contributed by atoms with Crippen LogP contribution in [0.1, 0.15) is 159 Å². The molecule has 0 spiro atoms. The van der Waals surface area contributed by atoms with Gasteiger partial charge < -0.3 is 0 Å². The molecular weight excluding hydrogens is 408 g/mol. The van der Waals surface area contributed by atoms with Crippen LogP contribution in [-0.2, 0) is 5.41 Å². The third kappa shape index (κ3) is 5.18. The van der Waals surface area contributed by atoms with Gasteiger partial charge in [-0.2, -0.15) is 0 Å². The molecule has 5 saturated carbocycles. The fourth-order valence-electron chi connectivity index (χ4n) is 9.31. The first-order valence-corrected chi connectivity index (χ1v) is 15.8. The lowest BCUT2D eigenvalue weighted by molar-refractivity contribution is -0.0294. The Kier molecular flexibility index (Phi) is 8.12. The summed E-state index contributed by atoms with van der Waals surface area (Å²) in [6, 6.07) is 10.2. The van der Waals surface area contributed by atoms with Crippen LogP contribution >= 0.6 is 0 Å². The molecule has 0 heteroatoms. The third-order valence-corrected chi connectivity index (χ3v) is 11.8. The molecule has 2 bridgehead atoms. The quantitative estimate of drug-likeness (QED) is 0.320. The Morgan fingerprint density at radius 1 is 0.618 bits per heavy atom. The number of rotatable bonds is 9. The molecule has 5 aliphatic carbocycles. The van der Waals surface area contributed by atoms with E-state index >= 15 is 0 Å². The van der Waals surface area contributed by atoms with Gasteiger partial charge in [0.1, 0.15) is 0 Å². The Hall–Kier alpha value is -0.780. The van der Waals surface area contributed by atoms with Gasteiger partial charge >= 0.3 is 0 Å². The second-order valence-electron chi connectivity index (χ2n) is 13.5. The van der Waals surface area contributed by atoms with Crippen LogP contribution in [0.5, 0.6) is 0 Å².